The molecule has 0 saturated carbocycles. The zero-order chi connectivity index (χ0) is 14.0. The molecule has 3 heterocycles. The second-order valence-corrected chi connectivity index (χ2v) is 6.06. The fourth-order valence-corrected chi connectivity index (χ4v) is 4.40. The van der Waals surface area contributed by atoms with Crippen LogP contribution in [0, 0.1) is 0 Å². The van der Waals surface area contributed by atoms with Gasteiger partial charge in [0.25, 0.3) is 0 Å². The maximum absolute atomic E-state index is 12.0. The van der Waals surface area contributed by atoms with Gasteiger partial charge in [0.2, 0.25) is 5.91 Å². The lowest BCUT2D eigenvalue weighted by Crippen LogP contribution is -2.40. The van der Waals surface area contributed by atoms with Gasteiger partial charge in [-0.3, -0.25) is 10.0 Å². The van der Waals surface area contributed by atoms with E-state index in [0.717, 1.165) is 20.5 Å². The van der Waals surface area contributed by atoms with Gasteiger partial charge in [-0.1, -0.05) is 18.2 Å². The first-order chi connectivity index (χ1) is 9.59. The third-order valence-corrected chi connectivity index (χ3v) is 5.21. The normalized spacial score (nSPS) is 24.4. The number of primary amides is 1. The number of carbonyl (C=O) groups is 2. The quantitative estimate of drug-likeness (QED) is 0.782. The Bertz CT molecular complexity index is 756. The summed E-state index contributed by atoms with van der Waals surface area (Å²) in [5, 5.41) is 11.6. The summed E-state index contributed by atoms with van der Waals surface area (Å²) < 4.78 is 1.03. The van der Waals surface area contributed by atoms with Crippen LogP contribution in [0.3, 0.4) is 0 Å². The first-order valence-electron chi connectivity index (χ1n) is 6.19. The summed E-state index contributed by atoms with van der Waals surface area (Å²) in [5.74, 6) is -0.572. The Morgan fingerprint density at radius 3 is 2.90 bits per heavy atom. The van der Waals surface area contributed by atoms with E-state index in [-0.39, 0.29) is 0 Å². The Morgan fingerprint density at radius 2 is 2.15 bits per heavy atom. The van der Waals surface area contributed by atoms with Crippen LogP contribution in [0.25, 0.3) is 10.1 Å². The number of hydrogen-bond donors (Lipinski definition) is 2. The number of rotatable bonds is 1. The molecule has 2 aliphatic rings. The SMILES string of the molecule is NC(=O)[C@@H]1c2c(sc3ccccc23)[C@@H]2CN1C(=O)N2O. The Labute approximate surface area is 117 Å². The van der Waals surface area contributed by atoms with Crippen LogP contribution in [0.15, 0.2) is 24.3 Å². The van der Waals surface area contributed by atoms with Gasteiger partial charge in [-0.2, -0.15) is 5.06 Å². The third kappa shape index (κ3) is 1.26. The van der Waals surface area contributed by atoms with Crippen molar-refractivity contribution < 1.29 is 14.8 Å². The molecule has 2 atom stereocenters. The summed E-state index contributed by atoms with van der Waals surface area (Å²) in [6, 6.07) is 5.90. The summed E-state index contributed by atoms with van der Waals surface area (Å²) >= 11 is 1.50. The van der Waals surface area contributed by atoms with Crippen molar-refractivity contribution >= 4 is 33.4 Å². The largest absolute Gasteiger partial charge is 0.368 e. The van der Waals surface area contributed by atoms with Crippen molar-refractivity contribution in [2.45, 2.75) is 12.1 Å². The van der Waals surface area contributed by atoms with Crippen LogP contribution in [0.5, 0.6) is 0 Å². The lowest BCUT2D eigenvalue weighted by atomic mass is 9.95. The van der Waals surface area contributed by atoms with Crippen molar-refractivity contribution in [1.82, 2.24) is 9.96 Å². The minimum Gasteiger partial charge on any atom is -0.368 e. The van der Waals surface area contributed by atoms with Gasteiger partial charge in [-0.05, 0) is 11.5 Å². The highest BCUT2D eigenvalue weighted by molar-refractivity contribution is 7.19. The van der Waals surface area contributed by atoms with Crippen molar-refractivity contribution in [3.63, 3.8) is 0 Å². The predicted octanol–water partition coefficient (Wildman–Crippen LogP) is 1.61. The zero-order valence-electron chi connectivity index (χ0n) is 10.3. The van der Waals surface area contributed by atoms with E-state index < -0.39 is 24.0 Å². The average Bonchev–Trinajstić information content (AvgIpc) is 2.93. The lowest BCUT2D eigenvalue weighted by Gasteiger charge is -2.28. The van der Waals surface area contributed by atoms with Crippen molar-refractivity contribution in [3.05, 3.63) is 34.7 Å². The number of thiophene rings is 1. The smallest absolute Gasteiger partial charge is 0.345 e. The highest BCUT2D eigenvalue weighted by Gasteiger charge is 2.51. The third-order valence-electron chi connectivity index (χ3n) is 3.93. The molecule has 2 bridgehead atoms. The van der Waals surface area contributed by atoms with E-state index in [4.69, 9.17) is 5.73 Å². The Morgan fingerprint density at radius 1 is 1.40 bits per heavy atom. The Kier molecular flexibility index (Phi) is 2.17. The van der Waals surface area contributed by atoms with E-state index in [2.05, 4.69) is 0 Å². The van der Waals surface area contributed by atoms with Gasteiger partial charge in [-0.15, -0.1) is 11.3 Å². The number of fused-ring (bicyclic) bond motifs is 6. The van der Waals surface area contributed by atoms with Gasteiger partial charge in [0.15, 0.2) is 0 Å². The fraction of sp³-hybridized carbons (Fsp3) is 0.231. The van der Waals surface area contributed by atoms with Crippen LogP contribution >= 0.6 is 11.3 Å². The number of urea groups is 1. The molecule has 1 aromatic heterocycles. The summed E-state index contributed by atoms with van der Waals surface area (Å²) in [5.41, 5.74) is 6.26. The minimum atomic E-state index is -0.804. The highest BCUT2D eigenvalue weighted by atomic mass is 32.1. The van der Waals surface area contributed by atoms with E-state index in [0.29, 0.717) is 11.6 Å². The summed E-state index contributed by atoms with van der Waals surface area (Å²) in [6.45, 7) is 0.294. The maximum Gasteiger partial charge on any atom is 0.345 e. The van der Waals surface area contributed by atoms with Gasteiger partial charge in [0.1, 0.15) is 12.1 Å². The Balaban J connectivity index is 2.05. The van der Waals surface area contributed by atoms with E-state index in [1.807, 2.05) is 24.3 Å². The van der Waals surface area contributed by atoms with Gasteiger partial charge in [-0.25, -0.2) is 4.79 Å². The molecule has 0 unspecified atom stereocenters. The second kappa shape index (κ2) is 3.71. The lowest BCUT2D eigenvalue weighted by molar-refractivity contribution is -0.122. The molecule has 2 aromatic rings. The number of hydrogen-bond acceptors (Lipinski definition) is 4. The molecular formula is C13H11N3O3S. The van der Waals surface area contributed by atoms with Crippen LogP contribution < -0.4 is 5.73 Å². The van der Waals surface area contributed by atoms with Crippen molar-refractivity contribution in [2.75, 3.05) is 6.54 Å². The monoisotopic (exact) mass is 289 g/mol. The topological polar surface area (TPSA) is 86.9 Å². The molecule has 4 rings (SSSR count). The summed E-state index contributed by atoms with van der Waals surface area (Å²) in [4.78, 5) is 26.0. The summed E-state index contributed by atoms with van der Waals surface area (Å²) in [6.07, 6.45) is 0. The first-order valence-corrected chi connectivity index (χ1v) is 7.00. The van der Waals surface area contributed by atoms with E-state index in [1.165, 1.54) is 16.2 Å². The van der Waals surface area contributed by atoms with Crippen molar-refractivity contribution in [3.8, 4) is 0 Å². The van der Waals surface area contributed by atoms with Crippen molar-refractivity contribution in [2.24, 2.45) is 5.73 Å². The first kappa shape index (κ1) is 11.7. The molecule has 6 nitrogen and oxygen atoms in total. The average molecular weight is 289 g/mol. The molecule has 102 valence electrons. The van der Waals surface area contributed by atoms with E-state index in [1.54, 1.807) is 0 Å². The number of nitrogens with zero attached hydrogens (tertiary/aromatic N) is 2. The number of benzene rings is 1. The predicted molar refractivity (Wildman–Crippen MR) is 72.2 cm³/mol. The number of hydroxylamine groups is 2. The molecule has 0 spiro atoms. The van der Waals surface area contributed by atoms with Gasteiger partial charge in [0, 0.05) is 15.1 Å². The standard InChI is InChI=1S/C13H11N3O3S/c14-12(17)10-9-6-3-1-2-4-8(6)20-11(9)7-5-15(10)13(18)16(7)19/h1-4,7,10,19H,5H2,(H2,14,17)/t7-,10-/m0/s1. The molecule has 3 N–H and O–H groups in total. The highest BCUT2D eigenvalue weighted by Crippen LogP contribution is 2.49. The molecule has 1 fully saturated rings. The van der Waals surface area contributed by atoms with Crippen LogP contribution in [0.2, 0.25) is 0 Å². The maximum atomic E-state index is 12.0. The number of amides is 3. The molecular weight excluding hydrogens is 278 g/mol. The van der Waals surface area contributed by atoms with Crippen LogP contribution in [-0.4, -0.2) is 33.7 Å². The van der Waals surface area contributed by atoms with Crippen LogP contribution in [-0.2, 0) is 4.79 Å². The van der Waals surface area contributed by atoms with Crippen LogP contribution in [0.4, 0.5) is 4.79 Å². The minimum absolute atomic E-state index is 0.294. The van der Waals surface area contributed by atoms with Crippen molar-refractivity contribution in [1.29, 1.82) is 0 Å². The molecule has 0 radical (unpaired) electrons. The van der Waals surface area contributed by atoms with E-state index >= 15 is 0 Å². The van der Waals surface area contributed by atoms with Gasteiger partial charge in [0.05, 0.1) is 6.54 Å². The second-order valence-electron chi connectivity index (χ2n) is 4.98. The molecule has 0 aliphatic carbocycles. The number of nitrogens with two attached hydrogens (primary N) is 1. The van der Waals surface area contributed by atoms with Gasteiger partial charge < -0.3 is 10.6 Å². The Hall–Kier alpha value is -2.12. The van der Waals surface area contributed by atoms with Crippen LogP contribution in [0.1, 0.15) is 22.5 Å². The van der Waals surface area contributed by atoms with Gasteiger partial charge >= 0.3 is 6.03 Å². The van der Waals surface area contributed by atoms with E-state index in [9.17, 15) is 14.8 Å². The molecule has 7 heteroatoms. The molecule has 1 aromatic carbocycles. The molecule has 1 saturated heterocycles. The summed E-state index contributed by atoms with van der Waals surface area (Å²) in [7, 11) is 0. The number of carbonyl (C=O) groups excluding carboxylic acids is 2. The molecule has 3 amide bonds. The fourth-order valence-electron chi connectivity index (χ4n) is 3.08. The molecule has 2 aliphatic heterocycles. The molecule has 20 heavy (non-hydrogen) atoms. The zero-order valence-corrected chi connectivity index (χ0v) is 11.1.